The van der Waals surface area contributed by atoms with Gasteiger partial charge < -0.3 is 14.5 Å². The Bertz CT molecular complexity index is 1110. The van der Waals surface area contributed by atoms with E-state index in [1.54, 1.807) is 0 Å². The molecule has 1 atom stereocenters. The van der Waals surface area contributed by atoms with Crippen LogP contribution in [0.25, 0.3) is 11.1 Å². The number of hydrogen-bond acceptors (Lipinski definition) is 4. The molecule has 0 saturated carbocycles. The molecule has 0 N–H and O–H groups in total. The third-order valence-electron chi connectivity index (χ3n) is 8.60. The maximum absolute atomic E-state index is 14.6. The molecule has 2 fully saturated rings. The number of hydrogen-bond donors (Lipinski definition) is 0. The molecule has 2 aliphatic heterocycles. The highest BCUT2D eigenvalue weighted by atomic mass is 19.1. The lowest BCUT2D eigenvalue weighted by atomic mass is 9.93. The average molecular weight is 520 g/mol. The smallest absolute Gasteiger partial charge is 0.253 e. The van der Waals surface area contributed by atoms with Gasteiger partial charge in [-0.3, -0.25) is 4.79 Å². The van der Waals surface area contributed by atoms with E-state index in [-0.39, 0.29) is 5.91 Å². The fourth-order valence-corrected chi connectivity index (χ4v) is 5.58. The molecule has 1 amide bonds. The van der Waals surface area contributed by atoms with E-state index in [1.807, 2.05) is 61.2 Å². The lowest BCUT2D eigenvalue weighted by Crippen LogP contribution is -2.38. The monoisotopic (exact) mass is 519 g/mol. The van der Waals surface area contributed by atoms with Crippen LogP contribution in [0, 0.1) is 23.2 Å². The number of amides is 1. The molecule has 2 heterocycles. The first-order valence-electron chi connectivity index (χ1n) is 14.3. The van der Waals surface area contributed by atoms with E-state index in [1.165, 1.54) is 0 Å². The van der Waals surface area contributed by atoms with Crippen molar-refractivity contribution < 1.29 is 13.9 Å². The Morgan fingerprint density at radius 2 is 1.74 bits per heavy atom. The van der Waals surface area contributed by atoms with Gasteiger partial charge in [0.15, 0.2) is 0 Å². The van der Waals surface area contributed by atoms with E-state index < -0.39 is 5.67 Å². The van der Waals surface area contributed by atoms with Gasteiger partial charge in [0, 0.05) is 25.2 Å². The van der Waals surface area contributed by atoms with Crippen LogP contribution in [0.5, 0.6) is 5.75 Å². The minimum Gasteiger partial charge on any atom is -0.492 e. The number of alkyl halides is 1. The Morgan fingerprint density at radius 3 is 2.34 bits per heavy atom. The quantitative estimate of drug-likeness (QED) is 0.350. The topological polar surface area (TPSA) is 56.6 Å². The fourth-order valence-electron chi connectivity index (χ4n) is 5.58. The summed E-state index contributed by atoms with van der Waals surface area (Å²) < 4.78 is 20.7. The minimum absolute atomic E-state index is 0.0886. The molecular weight excluding hydrogens is 477 g/mol. The van der Waals surface area contributed by atoms with Gasteiger partial charge in [-0.05, 0) is 98.8 Å². The summed E-state index contributed by atoms with van der Waals surface area (Å²) in [5.41, 5.74) is 2.08. The van der Waals surface area contributed by atoms with Crippen LogP contribution in [0.15, 0.2) is 42.5 Å². The van der Waals surface area contributed by atoms with E-state index in [4.69, 9.17) is 4.74 Å². The third kappa shape index (κ3) is 6.94. The molecule has 0 radical (unpaired) electrons. The summed E-state index contributed by atoms with van der Waals surface area (Å²) in [5, 5.41) is 9.77. The molecule has 38 heavy (non-hydrogen) atoms. The van der Waals surface area contributed by atoms with Crippen LogP contribution in [-0.4, -0.2) is 60.7 Å². The molecule has 2 aliphatic rings. The fraction of sp³-hybridized carbons (Fsp3) is 0.562. The van der Waals surface area contributed by atoms with Crippen LogP contribution in [0.1, 0.15) is 75.2 Å². The van der Waals surface area contributed by atoms with Crippen molar-refractivity contribution in [1.82, 2.24) is 9.80 Å². The molecule has 6 heteroatoms. The number of carbonyl (C=O) groups is 1. The molecular formula is C32H42FN3O2. The standard InChI is InChI=1S/C32H42FN3O2/c1-4-32(33,5-2)15-19-35-16-13-25(14-17-35)23-38-30-11-10-28(20-29(30)21-34)26-6-8-27(9-7-26)31(37)36-18-12-24(3)22-36/h6-11,20,24-25H,4-5,12-19,22-23H2,1-3H3. The van der Waals surface area contributed by atoms with Gasteiger partial charge in [-0.25, -0.2) is 4.39 Å². The lowest BCUT2D eigenvalue weighted by Gasteiger charge is -2.33. The summed E-state index contributed by atoms with van der Waals surface area (Å²) in [6, 6.07) is 15.7. The molecule has 0 aliphatic carbocycles. The van der Waals surface area contributed by atoms with E-state index in [9.17, 15) is 14.4 Å². The molecule has 0 bridgehead atoms. The van der Waals surface area contributed by atoms with Gasteiger partial charge in [-0.15, -0.1) is 0 Å². The number of nitriles is 1. The molecule has 2 aromatic carbocycles. The van der Waals surface area contributed by atoms with Gasteiger partial charge in [0.1, 0.15) is 17.5 Å². The maximum atomic E-state index is 14.6. The van der Waals surface area contributed by atoms with Crippen LogP contribution in [0.3, 0.4) is 0 Å². The molecule has 1 unspecified atom stereocenters. The number of piperidine rings is 1. The average Bonchev–Trinajstić information content (AvgIpc) is 3.41. The number of carbonyl (C=O) groups excluding carboxylic acids is 1. The van der Waals surface area contributed by atoms with Gasteiger partial charge in [0.05, 0.1) is 12.2 Å². The van der Waals surface area contributed by atoms with E-state index in [0.29, 0.717) is 54.6 Å². The highest BCUT2D eigenvalue weighted by molar-refractivity contribution is 5.95. The van der Waals surface area contributed by atoms with E-state index in [0.717, 1.165) is 63.1 Å². The summed E-state index contributed by atoms with van der Waals surface area (Å²) in [6.07, 6.45) is 4.88. The van der Waals surface area contributed by atoms with Gasteiger partial charge in [-0.1, -0.05) is 39.0 Å². The predicted octanol–water partition coefficient (Wildman–Crippen LogP) is 6.72. The Kier molecular flexibility index (Phi) is 9.44. The van der Waals surface area contributed by atoms with Crippen LogP contribution in [-0.2, 0) is 0 Å². The van der Waals surface area contributed by atoms with Crippen LogP contribution >= 0.6 is 0 Å². The number of benzene rings is 2. The second-order valence-electron chi connectivity index (χ2n) is 11.2. The lowest BCUT2D eigenvalue weighted by molar-refractivity contribution is 0.0788. The van der Waals surface area contributed by atoms with Crippen molar-refractivity contribution in [3.05, 3.63) is 53.6 Å². The van der Waals surface area contributed by atoms with Crippen molar-refractivity contribution >= 4 is 5.91 Å². The Hall–Kier alpha value is -2.91. The van der Waals surface area contributed by atoms with Gasteiger partial charge in [0.2, 0.25) is 0 Å². The van der Waals surface area contributed by atoms with Crippen LogP contribution in [0.4, 0.5) is 4.39 Å². The second-order valence-corrected chi connectivity index (χ2v) is 11.2. The summed E-state index contributed by atoms with van der Waals surface area (Å²) in [6.45, 7) is 11.0. The molecule has 2 aromatic rings. The summed E-state index contributed by atoms with van der Waals surface area (Å²) in [7, 11) is 0. The highest BCUT2D eigenvalue weighted by Gasteiger charge is 2.27. The Labute approximate surface area is 227 Å². The van der Waals surface area contributed by atoms with Crippen molar-refractivity contribution in [2.75, 3.05) is 39.3 Å². The predicted molar refractivity (Wildman–Crippen MR) is 150 cm³/mol. The molecule has 5 nitrogen and oxygen atoms in total. The summed E-state index contributed by atoms with van der Waals surface area (Å²) in [5.74, 6) is 1.70. The summed E-state index contributed by atoms with van der Waals surface area (Å²) >= 11 is 0. The Balaban J connectivity index is 1.29. The van der Waals surface area contributed by atoms with Crippen molar-refractivity contribution in [3.8, 4) is 22.9 Å². The zero-order valence-electron chi connectivity index (χ0n) is 23.2. The van der Waals surface area contributed by atoms with Crippen LogP contribution < -0.4 is 4.74 Å². The van der Waals surface area contributed by atoms with Gasteiger partial charge >= 0.3 is 0 Å². The zero-order valence-corrected chi connectivity index (χ0v) is 23.2. The summed E-state index contributed by atoms with van der Waals surface area (Å²) in [4.78, 5) is 17.1. The molecule has 4 rings (SSSR count). The van der Waals surface area contributed by atoms with Crippen molar-refractivity contribution in [2.24, 2.45) is 11.8 Å². The largest absolute Gasteiger partial charge is 0.492 e. The normalized spacial score (nSPS) is 18.9. The van der Waals surface area contributed by atoms with Crippen molar-refractivity contribution in [2.45, 2.75) is 65.0 Å². The second kappa shape index (κ2) is 12.8. The third-order valence-corrected chi connectivity index (χ3v) is 8.60. The van der Waals surface area contributed by atoms with E-state index >= 15 is 0 Å². The number of nitrogens with zero attached hydrogens (tertiary/aromatic N) is 3. The Morgan fingerprint density at radius 1 is 1.05 bits per heavy atom. The molecule has 0 aromatic heterocycles. The number of rotatable bonds is 10. The van der Waals surface area contributed by atoms with Gasteiger partial charge in [0.25, 0.3) is 5.91 Å². The van der Waals surface area contributed by atoms with Crippen molar-refractivity contribution in [1.29, 1.82) is 5.26 Å². The first-order chi connectivity index (χ1) is 18.3. The molecule has 204 valence electrons. The first kappa shape index (κ1) is 28.1. The SMILES string of the molecule is CCC(F)(CC)CCN1CCC(COc2ccc(-c3ccc(C(=O)N4CCC(C)C4)cc3)cc2C#N)CC1. The number of ether oxygens (including phenoxy) is 1. The van der Waals surface area contributed by atoms with E-state index in [2.05, 4.69) is 17.9 Å². The number of likely N-dealkylation sites (tertiary alicyclic amines) is 2. The zero-order chi connectivity index (χ0) is 27.1. The first-order valence-corrected chi connectivity index (χ1v) is 14.3. The maximum Gasteiger partial charge on any atom is 0.253 e. The van der Waals surface area contributed by atoms with Crippen LogP contribution in [0.2, 0.25) is 0 Å². The highest BCUT2D eigenvalue weighted by Crippen LogP contribution is 2.29. The molecule has 2 saturated heterocycles. The van der Waals surface area contributed by atoms with Gasteiger partial charge in [-0.2, -0.15) is 5.26 Å². The molecule has 0 spiro atoms. The number of halogens is 1. The minimum atomic E-state index is -1.04. The van der Waals surface area contributed by atoms with Crippen molar-refractivity contribution in [3.63, 3.8) is 0 Å².